The van der Waals surface area contributed by atoms with Gasteiger partial charge >= 0.3 is 5.97 Å². The van der Waals surface area contributed by atoms with Crippen molar-refractivity contribution in [3.05, 3.63) is 70.3 Å². The number of hydrogen-bond acceptors (Lipinski definition) is 9. The average Bonchev–Trinajstić information content (AvgIpc) is 3.63. The summed E-state index contributed by atoms with van der Waals surface area (Å²) in [5.74, 6) is 2.32. The van der Waals surface area contributed by atoms with Gasteiger partial charge in [0.15, 0.2) is 29.1 Å². The molecule has 0 aromatic heterocycles. The first-order valence-electron chi connectivity index (χ1n) is 18.3. The minimum atomic E-state index is -0.867. The molecule has 0 radical (unpaired) electrons. The maximum absolute atomic E-state index is 13.4. The Hall–Kier alpha value is -3.53. The fourth-order valence-electron chi connectivity index (χ4n) is 12.0. The van der Waals surface area contributed by atoms with E-state index in [9.17, 15) is 15.0 Å². The number of hydrogen-bond donors (Lipinski definition) is 2. The summed E-state index contributed by atoms with van der Waals surface area (Å²) in [7, 11) is 6.02. The van der Waals surface area contributed by atoms with Gasteiger partial charge < -0.3 is 39.0 Å². The van der Waals surface area contributed by atoms with Crippen LogP contribution < -0.4 is 14.2 Å². The zero-order valence-corrected chi connectivity index (χ0v) is 28.6. The van der Waals surface area contributed by atoms with E-state index in [1.165, 1.54) is 16.7 Å². The van der Waals surface area contributed by atoms with Crippen LogP contribution in [-0.2, 0) is 33.2 Å². The molecule has 2 spiro atoms. The standard InChI is InChI=1S/C40H46N2O7/c1-41-18-16-38-25-10-13-29(37(38)48-34-27(43)11-8-23(32(34)38)20-26(25)41)47-31(44)7-5-4-6-22-14-15-40(45)30-21-24-9-12-28(46-3)35-33(24)39(40,36(22)49-35)17-19-42(30)2/h6,8-13,25-26,29-30,36-37,43,45H,4-5,7,14-21H2,1-3H3/t25-,26+,29?,30+,36-,37-,38-,39-,40+/m0/s1. The minimum Gasteiger partial charge on any atom is -0.504 e. The Bertz CT molecular complexity index is 1840. The molecule has 9 heteroatoms. The molecular weight excluding hydrogens is 620 g/mol. The van der Waals surface area contributed by atoms with E-state index in [1.807, 2.05) is 18.2 Å². The first kappa shape index (κ1) is 30.3. The molecule has 4 aliphatic carbocycles. The van der Waals surface area contributed by atoms with Crippen LogP contribution in [0.5, 0.6) is 23.0 Å². The topological polar surface area (TPSA) is 101 Å². The van der Waals surface area contributed by atoms with Gasteiger partial charge in [0.25, 0.3) is 0 Å². The maximum atomic E-state index is 13.4. The Labute approximate surface area is 287 Å². The number of rotatable bonds is 6. The van der Waals surface area contributed by atoms with E-state index in [2.05, 4.69) is 42.1 Å². The average molecular weight is 667 g/mol. The van der Waals surface area contributed by atoms with Crippen molar-refractivity contribution < 1.29 is 34.0 Å². The lowest BCUT2D eigenvalue weighted by Gasteiger charge is -2.62. The summed E-state index contributed by atoms with van der Waals surface area (Å²) in [5.41, 5.74) is 4.36. The van der Waals surface area contributed by atoms with Crippen molar-refractivity contribution in [2.75, 3.05) is 34.3 Å². The highest BCUT2D eigenvalue weighted by Gasteiger charge is 2.72. The van der Waals surface area contributed by atoms with Crippen molar-refractivity contribution in [1.82, 2.24) is 9.80 Å². The summed E-state index contributed by atoms with van der Waals surface area (Å²) in [5, 5.41) is 23.3. The number of aliphatic hydroxyl groups is 1. The van der Waals surface area contributed by atoms with Crippen LogP contribution in [0.4, 0.5) is 0 Å². The number of ether oxygens (including phenoxy) is 4. The molecule has 2 saturated heterocycles. The van der Waals surface area contributed by atoms with Crippen molar-refractivity contribution in [2.45, 2.75) is 105 Å². The number of piperidine rings is 2. The van der Waals surface area contributed by atoms with Gasteiger partial charge in [-0.25, -0.2) is 0 Å². The fourth-order valence-corrected chi connectivity index (χ4v) is 12.0. The molecule has 8 aliphatic rings. The first-order chi connectivity index (χ1) is 23.7. The van der Waals surface area contributed by atoms with E-state index >= 15 is 0 Å². The predicted molar refractivity (Wildman–Crippen MR) is 181 cm³/mol. The zero-order valence-electron chi connectivity index (χ0n) is 28.6. The van der Waals surface area contributed by atoms with Crippen LogP contribution in [0.15, 0.2) is 48.1 Å². The van der Waals surface area contributed by atoms with Gasteiger partial charge in [0.05, 0.1) is 18.1 Å². The number of phenols is 1. The number of unbranched alkanes of at least 4 members (excludes halogenated alkanes) is 1. The smallest absolute Gasteiger partial charge is 0.306 e. The molecular formula is C40H46N2O7. The van der Waals surface area contributed by atoms with Crippen molar-refractivity contribution in [1.29, 1.82) is 0 Å². The predicted octanol–water partition coefficient (Wildman–Crippen LogP) is 4.34. The van der Waals surface area contributed by atoms with Crippen molar-refractivity contribution in [3.8, 4) is 23.0 Å². The number of allylic oxidation sites excluding steroid dienone is 1. The Balaban J connectivity index is 0.865. The van der Waals surface area contributed by atoms with E-state index in [1.54, 1.807) is 13.2 Å². The molecule has 3 fully saturated rings. The van der Waals surface area contributed by atoms with Crippen LogP contribution in [0.25, 0.3) is 0 Å². The monoisotopic (exact) mass is 666 g/mol. The molecule has 2 aromatic rings. The number of nitrogens with zero attached hydrogens (tertiary/aromatic N) is 2. The lowest BCUT2D eigenvalue weighted by atomic mass is 9.48. The zero-order chi connectivity index (χ0) is 33.4. The largest absolute Gasteiger partial charge is 0.504 e. The van der Waals surface area contributed by atoms with E-state index < -0.39 is 17.1 Å². The molecule has 2 N–H and O–H groups in total. The summed E-state index contributed by atoms with van der Waals surface area (Å²) in [6, 6.07) is 8.39. The third kappa shape index (κ3) is 3.69. The number of likely N-dealkylation sites (N-methyl/N-ethyl adjacent to an activating group) is 2. The third-order valence-corrected chi connectivity index (χ3v) is 14.2. The Morgan fingerprint density at radius 3 is 2.67 bits per heavy atom. The number of esters is 1. The highest BCUT2D eigenvalue weighted by atomic mass is 16.6. The van der Waals surface area contributed by atoms with Crippen LogP contribution in [0, 0.1) is 5.92 Å². The SMILES string of the molecule is COc1ccc2c3c1O[C@H]1C(=CCCCC(=O)OC4C=C[C@H]5[C@H]6Cc7ccc(O)c8c7[C@@]5(CCN6C)[C@H]4O8)CC[C@@]4(O)[C@@H](C2)N(C)CC[C@]314. The van der Waals surface area contributed by atoms with Gasteiger partial charge in [0.1, 0.15) is 12.2 Å². The van der Waals surface area contributed by atoms with E-state index in [0.29, 0.717) is 31.1 Å². The second-order valence-corrected chi connectivity index (χ2v) is 16.0. The lowest BCUT2D eigenvalue weighted by Crippen LogP contribution is -2.74. The van der Waals surface area contributed by atoms with Crippen LogP contribution >= 0.6 is 0 Å². The van der Waals surface area contributed by atoms with Crippen LogP contribution in [0.2, 0.25) is 0 Å². The number of aromatic hydroxyl groups is 1. The third-order valence-electron chi connectivity index (χ3n) is 14.2. The molecule has 258 valence electrons. The summed E-state index contributed by atoms with van der Waals surface area (Å²) in [4.78, 5) is 18.2. The number of phenolic OH excluding ortho intramolecular Hbond substituents is 1. The van der Waals surface area contributed by atoms with Gasteiger partial charge in [0, 0.05) is 41.0 Å². The van der Waals surface area contributed by atoms with Crippen molar-refractivity contribution in [2.24, 2.45) is 5.92 Å². The van der Waals surface area contributed by atoms with Gasteiger partial charge in [0.2, 0.25) is 0 Å². The number of methoxy groups -OCH3 is 1. The van der Waals surface area contributed by atoms with Crippen molar-refractivity contribution in [3.63, 3.8) is 0 Å². The molecule has 9 atom stereocenters. The van der Waals surface area contributed by atoms with Gasteiger partial charge in [-0.15, -0.1) is 0 Å². The minimum absolute atomic E-state index is 0.0559. The first-order valence-corrected chi connectivity index (χ1v) is 18.3. The Kier molecular flexibility index (Phi) is 6.35. The Morgan fingerprint density at radius 1 is 1.00 bits per heavy atom. The molecule has 4 aliphatic heterocycles. The molecule has 4 bridgehead atoms. The molecule has 49 heavy (non-hydrogen) atoms. The number of carbonyl (C=O) groups excluding carboxylic acids is 1. The van der Waals surface area contributed by atoms with Crippen LogP contribution in [-0.4, -0.2) is 96.3 Å². The molecule has 10 rings (SSSR count). The van der Waals surface area contributed by atoms with Gasteiger partial charge in [-0.3, -0.25) is 4.79 Å². The normalized spacial score (nSPS) is 39.6. The van der Waals surface area contributed by atoms with E-state index in [-0.39, 0.29) is 41.3 Å². The molecule has 9 nitrogen and oxygen atoms in total. The van der Waals surface area contributed by atoms with Crippen LogP contribution in [0.3, 0.4) is 0 Å². The highest BCUT2D eigenvalue weighted by molar-refractivity contribution is 5.70. The fraction of sp³-hybridized carbons (Fsp3) is 0.575. The molecule has 1 unspecified atom stereocenters. The Morgan fingerprint density at radius 2 is 1.82 bits per heavy atom. The molecule has 1 saturated carbocycles. The highest BCUT2D eigenvalue weighted by Crippen LogP contribution is 2.67. The van der Waals surface area contributed by atoms with Crippen molar-refractivity contribution >= 4 is 5.97 Å². The van der Waals surface area contributed by atoms with Gasteiger partial charge in [-0.05, 0) is 113 Å². The molecule has 2 aromatic carbocycles. The lowest BCUT2D eigenvalue weighted by molar-refractivity contribution is -0.169. The molecule has 0 amide bonds. The number of carbonyl (C=O) groups is 1. The van der Waals surface area contributed by atoms with Crippen LogP contribution in [0.1, 0.15) is 67.2 Å². The quantitative estimate of drug-likeness (QED) is 0.265. The summed E-state index contributed by atoms with van der Waals surface area (Å²) in [6.45, 7) is 1.85. The maximum Gasteiger partial charge on any atom is 0.306 e. The summed E-state index contributed by atoms with van der Waals surface area (Å²) < 4.78 is 25.3. The van der Waals surface area contributed by atoms with E-state index in [0.717, 1.165) is 74.2 Å². The second-order valence-electron chi connectivity index (χ2n) is 16.0. The summed E-state index contributed by atoms with van der Waals surface area (Å²) >= 11 is 0. The van der Waals surface area contributed by atoms with Gasteiger partial charge in [-0.2, -0.15) is 0 Å². The second kappa shape index (κ2) is 10.3. The number of benzene rings is 2. The summed E-state index contributed by atoms with van der Waals surface area (Å²) in [6.07, 6.45) is 12.1. The molecule has 4 heterocycles. The van der Waals surface area contributed by atoms with E-state index in [4.69, 9.17) is 18.9 Å². The van der Waals surface area contributed by atoms with Gasteiger partial charge in [-0.1, -0.05) is 24.3 Å². The number of likely N-dealkylation sites (tertiary alicyclic amines) is 2.